The number of carbonyl (C=O) groups excluding carboxylic acids is 2. The first kappa shape index (κ1) is 40.2. The number of hydrogen-bond donors (Lipinski definition) is 2. The third-order valence-corrected chi connectivity index (χ3v) is 12.1. The van der Waals surface area contributed by atoms with E-state index in [1.807, 2.05) is 59.6 Å². The van der Waals surface area contributed by atoms with Crippen LogP contribution < -0.4 is 29.6 Å². The van der Waals surface area contributed by atoms with E-state index in [1.54, 1.807) is 44.9 Å². The van der Waals surface area contributed by atoms with Crippen LogP contribution in [0.2, 0.25) is 0 Å². The third-order valence-electron chi connectivity index (χ3n) is 12.1. The smallest absolute Gasteiger partial charge is 0.231 e. The fraction of sp³-hybridized carbons (Fsp3) is 0.400. The number of methoxy groups -OCH3 is 2. The van der Waals surface area contributed by atoms with E-state index in [1.165, 1.54) is 0 Å². The zero-order chi connectivity index (χ0) is 42.4. The molecule has 1 aromatic carbocycles. The van der Waals surface area contributed by atoms with Crippen molar-refractivity contribution in [3.63, 3.8) is 0 Å². The number of carbonyl (C=O) groups is 2. The Balaban J connectivity index is 0.888. The average Bonchev–Trinajstić information content (AvgIpc) is 4.15. The van der Waals surface area contributed by atoms with Crippen molar-refractivity contribution in [2.45, 2.75) is 19.0 Å². The molecule has 2 saturated carbocycles. The van der Waals surface area contributed by atoms with E-state index in [0.29, 0.717) is 46.2 Å². The van der Waals surface area contributed by atoms with Crippen molar-refractivity contribution >= 4 is 45.3 Å². The first-order chi connectivity index (χ1) is 29.6. The maximum Gasteiger partial charge on any atom is 0.231 e. The van der Waals surface area contributed by atoms with Gasteiger partial charge < -0.3 is 48.5 Å². The van der Waals surface area contributed by atoms with Gasteiger partial charge in [0, 0.05) is 69.7 Å². The van der Waals surface area contributed by atoms with E-state index >= 15 is 0 Å². The van der Waals surface area contributed by atoms with Crippen LogP contribution in [0.1, 0.15) is 12.8 Å². The highest BCUT2D eigenvalue weighted by Gasteiger charge is 2.44. The predicted molar refractivity (Wildman–Crippen MR) is 230 cm³/mol. The van der Waals surface area contributed by atoms with Crippen LogP contribution in [0.5, 0.6) is 23.1 Å². The molecule has 2 amide bonds. The lowest BCUT2D eigenvalue weighted by Gasteiger charge is -2.32. The van der Waals surface area contributed by atoms with Crippen molar-refractivity contribution in [1.82, 2.24) is 33.9 Å². The van der Waals surface area contributed by atoms with Gasteiger partial charge in [0.2, 0.25) is 17.7 Å². The number of benzene rings is 1. The van der Waals surface area contributed by atoms with Crippen LogP contribution in [0.25, 0.3) is 44.3 Å². The molecular weight excluding hydrogens is 782 g/mol. The maximum atomic E-state index is 13.5. The molecule has 9 rings (SSSR count). The number of piperazine rings is 1. The lowest BCUT2D eigenvalue weighted by atomic mass is 10.1. The Bertz CT molecular complexity index is 2620. The number of rotatable bonds is 15. The zero-order valence-corrected chi connectivity index (χ0v) is 35.0. The van der Waals surface area contributed by atoms with Crippen molar-refractivity contribution in [1.29, 1.82) is 0 Å². The van der Waals surface area contributed by atoms with Gasteiger partial charge in [-0.2, -0.15) is 0 Å². The average molecular weight is 832 g/mol. The third kappa shape index (κ3) is 8.16. The summed E-state index contributed by atoms with van der Waals surface area (Å²) in [5.74, 6) is 2.47. The zero-order valence-electron chi connectivity index (χ0n) is 35.0. The largest absolute Gasteiger partial charge is 0.496 e. The number of alkyl halides is 1. The van der Waals surface area contributed by atoms with Gasteiger partial charge in [0.05, 0.1) is 60.5 Å². The molecule has 0 spiro atoms. The second-order valence-corrected chi connectivity index (χ2v) is 16.2. The van der Waals surface area contributed by atoms with Crippen LogP contribution in [0.15, 0.2) is 67.1 Å². The topological polar surface area (TPSA) is 150 Å². The van der Waals surface area contributed by atoms with Crippen LogP contribution in [-0.2, 0) is 23.7 Å². The van der Waals surface area contributed by atoms with Crippen molar-refractivity contribution in [2.24, 2.45) is 31.8 Å². The Morgan fingerprint density at radius 1 is 0.721 bits per heavy atom. The van der Waals surface area contributed by atoms with Crippen LogP contribution in [0, 0.1) is 17.8 Å². The molecule has 318 valence electrons. The Morgan fingerprint density at radius 2 is 1.30 bits per heavy atom. The van der Waals surface area contributed by atoms with Gasteiger partial charge in [0.1, 0.15) is 53.8 Å². The monoisotopic (exact) mass is 831 g/mol. The fourth-order valence-electron chi connectivity index (χ4n) is 8.38. The number of ether oxygens (including phenoxy) is 4. The van der Waals surface area contributed by atoms with E-state index in [9.17, 15) is 14.0 Å². The van der Waals surface area contributed by atoms with Crippen LogP contribution in [-0.4, -0.2) is 119 Å². The van der Waals surface area contributed by atoms with Crippen molar-refractivity contribution < 1.29 is 32.9 Å². The normalized spacial score (nSPS) is 20.1. The first-order valence-electron chi connectivity index (χ1n) is 20.6. The molecule has 2 N–H and O–H groups in total. The van der Waals surface area contributed by atoms with Gasteiger partial charge in [0.25, 0.3) is 0 Å². The summed E-state index contributed by atoms with van der Waals surface area (Å²) in [4.78, 5) is 43.9. The van der Waals surface area contributed by atoms with Crippen molar-refractivity contribution in [3.05, 3.63) is 67.1 Å². The van der Waals surface area contributed by atoms with E-state index in [2.05, 4.69) is 42.4 Å². The predicted octanol–water partition coefficient (Wildman–Crippen LogP) is 5.78. The summed E-state index contributed by atoms with van der Waals surface area (Å²) < 4.78 is 41.8. The lowest BCUT2D eigenvalue weighted by molar-refractivity contribution is -0.118. The lowest BCUT2D eigenvalue weighted by Crippen LogP contribution is -2.45. The molecule has 0 radical (unpaired) electrons. The number of halogens is 1. The Hall–Kier alpha value is -6.26. The SMILES string of the molecule is COc1cccc(OCCOc2ccnc(OC)c2-c2cc3cc(NC(=O)[C@H]4C[C@@H]4CN4CCN(C)CC4)ncc3n2C)c1-c1cc2cc(NC(=O)[C@@H]3C[C@@H]3F)ncc2n1C. The standard InChI is InChI=1S/C45H50FN9O6/c1-52-11-13-55(14-12-52)25-28-17-29(28)43(56)50-39-21-27-19-33(54(3)35(27)24-48-39)42-38(9-10-47-45(42)59-5)61-16-15-60-37-8-6-7-36(58-4)41(37)32-18-26-20-40(49-23-34(26)53(32)2)51-44(57)30-22-31(30)46/h6-10,18-21,23-24,28-31H,11-17,22,25H2,1-5H3,(H,48,50,56)(H,49,51,57)/t28-,29+,30-,31+/m1/s1. The molecule has 61 heavy (non-hydrogen) atoms. The van der Waals surface area contributed by atoms with Gasteiger partial charge in [-0.25, -0.2) is 19.3 Å². The van der Waals surface area contributed by atoms with Crippen LogP contribution in [0.4, 0.5) is 16.0 Å². The summed E-state index contributed by atoms with van der Waals surface area (Å²) in [5.41, 5.74) is 4.72. The highest BCUT2D eigenvalue weighted by atomic mass is 19.1. The number of amides is 2. The number of nitrogens with zero attached hydrogens (tertiary/aromatic N) is 7. The number of fused-ring (bicyclic) bond motifs is 2. The molecule has 4 atom stereocenters. The first-order valence-corrected chi connectivity index (χ1v) is 20.6. The molecule has 0 unspecified atom stereocenters. The van der Waals surface area contributed by atoms with Gasteiger partial charge in [-0.3, -0.25) is 9.59 Å². The second kappa shape index (κ2) is 16.7. The van der Waals surface area contributed by atoms with E-state index in [-0.39, 0.29) is 37.4 Å². The summed E-state index contributed by atoms with van der Waals surface area (Å²) in [5, 5.41) is 7.54. The molecule has 0 bridgehead atoms. The Morgan fingerprint density at radius 3 is 1.89 bits per heavy atom. The van der Waals surface area contributed by atoms with Gasteiger partial charge in [-0.1, -0.05) is 6.07 Å². The number of aromatic nitrogens is 5. The van der Waals surface area contributed by atoms with E-state index in [0.717, 1.165) is 77.9 Å². The van der Waals surface area contributed by atoms with Crippen LogP contribution >= 0.6 is 0 Å². The highest BCUT2D eigenvalue weighted by Crippen LogP contribution is 2.43. The minimum atomic E-state index is -1.09. The molecule has 1 aliphatic heterocycles. The molecule has 16 heteroatoms. The number of aryl methyl sites for hydroxylation is 2. The second-order valence-electron chi connectivity index (χ2n) is 16.2. The summed E-state index contributed by atoms with van der Waals surface area (Å²) in [6.45, 7) is 5.58. The summed E-state index contributed by atoms with van der Waals surface area (Å²) >= 11 is 0. The number of hydrogen-bond acceptors (Lipinski definition) is 11. The molecule has 3 fully saturated rings. The molecule has 6 heterocycles. The summed E-state index contributed by atoms with van der Waals surface area (Å²) in [6, 6.07) is 15.1. The number of likely N-dealkylation sites (N-methyl/N-ethyl adjacent to an activating group) is 1. The summed E-state index contributed by atoms with van der Waals surface area (Å²) in [7, 11) is 9.20. The number of pyridine rings is 3. The minimum Gasteiger partial charge on any atom is -0.496 e. The van der Waals surface area contributed by atoms with Gasteiger partial charge in [-0.05, 0) is 68.3 Å². The van der Waals surface area contributed by atoms with Gasteiger partial charge in [-0.15, -0.1) is 0 Å². The minimum absolute atomic E-state index is 0.00845. The van der Waals surface area contributed by atoms with Crippen LogP contribution in [0.3, 0.4) is 0 Å². The molecule has 15 nitrogen and oxygen atoms in total. The van der Waals surface area contributed by atoms with Gasteiger partial charge >= 0.3 is 0 Å². The van der Waals surface area contributed by atoms with E-state index in [4.69, 9.17) is 18.9 Å². The molecule has 2 aliphatic carbocycles. The Labute approximate surface area is 352 Å². The van der Waals surface area contributed by atoms with E-state index < -0.39 is 12.1 Å². The molecular formula is C45H50FN9O6. The van der Waals surface area contributed by atoms with Gasteiger partial charge in [0.15, 0.2) is 0 Å². The maximum absolute atomic E-state index is 13.5. The molecule has 1 saturated heterocycles. The fourth-order valence-corrected chi connectivity index (χ4v) is 8.38. The molecule has 3 aliphatic rings. The molecule has 5 aromatic heterocycles. The number of anilines is 2. The Kier molecular flexibility index (Phi) is 11.0. The highest BCUT2D eigenvalue weighted by molar-refractivity contribution is 5.98. The van der Waals surface area contributed by atoms with Crippen molar-refractivity contribution in [3.8, 4) is 45.6 Å². The quantitative estimate of drug-likeness (QED) is 0.121. The molecule has 6 aromatic rings. The number of nitrogens with one attached hydrogen (secondary N) is 2. The summed E-state index contributed by atoms with van der Waals surface area (Å²) in [6.07, 6.45) is 5.15. The van der Waals surface area contributed by atoms with Crippen molar-refractivity contribution in [2.75, 3.05) is 77.8 Å².